The minimum absolute atomic E-state index is 0.289. The van der Waals surface area contributed by atoms with E-state index in [1.54, 1.807) is 18.2 Å². The molecular weight excluding hydrogens is 198 g/mol. The van der Waals surface area contributed by atoms with E-state index in [1.165, 1.54) is 20.2 Å². The molecular formula is C10H11NO4. The van der Waals surface area contributed by atoms with E-state index in [9.17, 15) is 9.59 Å². The Hall–Kier alpha value is -2.04. The minimum Gasteiger partial charge on any atom is -0.465 e. The van der Waals surface area contributed by atoms with Crippen LogP contribution in [0, 0.1) is 0 Å². The molecule has 0 aliphatic heterocycles. The molecule has 1 rings (SSSR count). The van der Waals surface area contributed by atoms with Crippen LogP contribution in [-0.2, 0) is 4.74 Å². The molecule has 0 aliphatic rings. The fraction of sp³-hybridized carbons (Fsp3) is 0.200. The van der Waals surface area contributed by atoms with Crippen molar-refractivity contribution in [2.45, 2.75) is 0 Å². The summed E-state index contributed by atoms with van der Waals surface area (Å²) in [5, 5.41) is 2.30. The van der Waals surface area contributed by atoms with E-state index in [4.69, 9.17) is 4.74 Å². The summed E-state index contributed by atoms with van der Waals surface area (Å²) in [5.74, 6) is -0.186. The number of hydrogen-bond donors (Lipinski definition) is 1. The van der Waals surface area contributed by atoms with Crippen molar-refractivity contribution in [2.75, 3.05) is 14.2 Å². The molecule has 0 spiro atoms. The van der Waals surface area contributed by atoms with E-state index in [-0.39, 0.29) is 5.75 Å². The average molecular weight is 209 g/mol. The Balaban J connectivity index is 2.83. The van der Waals surface area contributed by atoms with Gasteiger partial charge in [-0.1, -0.05) is 6.07 Å². The summed E-state index contributed by atoms with van der Waals surface area (Å²) in [4.78, 5) is 22.0. The van der Waals surface area contributed by atoms with Crippen molar-refractivity contribution in [1.29, 1.82) is 0 Å². The molecule has 0 heterocycles. The third-order valence-corrected chi connectivity index (χ3v) is 1.67. The van der Waals surface area contributed by atoms with Crippen LogP contribution in [0.1, 0.15) is 10.4 Å². The number of rotatable bonds is 2. The molecule has 1 aromatic rings. The van der Waals surface area contributed by atoms with Gasteiger partial charge >= 0.3 is 12.1 Å². The lowest BCUT2D eigenvalue weighted by molar-refractivity contribution is 0.0600. The molecule has 0 bridgehead atoms. The van der Waals surface area contributed by atoms with Gasteiger partial charge in [-0.2, -0.15) is 0 Å². The van der Waals surface area contributed by atoms with Gasteiger partial charge in [0.25, 0.3) is 0 Å². The maximum atomic E-state index is 11.1. The molecule has 0 fully saturated rings. The number of hydrogen-bond acceptors (Lipinski definition) is 4. The summed E-state index contributed by atoms with van der Waals surface area (Å²) in [6.07, 6.45) is -0.586. The summed E-state index contributed by atoms with van der Waals surface area (Å²) < 4.78 is 9.37. The predicted molar refractivity (Wildman–Crippen MR) is 52.9 cm³/mol. The first-order valence-electron chi connectivity index (χ1n) is 4.25. The molecule has 0 aliphatic carbocycles. The molecule has 5 heteroatoms. The molecule has 0 unspecified atom stereocenters. The van der Waals surface area contributed by atoms with Crippen LogP contribution in [-0.4, -0.2) is 26.2 Å². The normalized spacial score (nSPS) is 9.20. The van der Waals surface area contributed by atoms with Gasteiger partial charge in [0.1, 0.15) is 5.75 Å². The van der Waals surface area contributed by atoms with Crippen molar-refractivity contribution in [3.05, 3.63) is 29.8 Å². The zero-order valence-corrected chi connectivity index (χ0v) is 8.44. The summed E-state index contributed by atoms with van der Waals surface area (Å²) in [6.45, 7) is 0. The van der Waals surface area contributed by atoms with Crippen LogP contribution in [0.3, 0.4) is 0 Å². The summed E-state index contributed by atoms with van der Waals surface area (Å²) in [5.41, 5.74) is 0.332. The zero-order valence-electron chi connectivity index (χ0n) is 8.44. The average Bonchev–Trinajstić information content (AvgIpc) is 2.28. The van der Waals surface area contributed by atoms with Gasteiger partial charge in [-0.25, -0.2) is 9.59 Å². The lowest BCUT2D eigenvalue weighted by atomic mass is 10.2. The van der Waals surface area contributed by atoms with E-state index < -0.39 is 12.1 Å². The van der Waals surface area contributed by atoms with Gasteiger partial charge in [0.05, 0.1) is 12.7 Å². The second-order valence-electron chi connectivity index (χ2n) is 2.66. The zero-order chi connectivity index (χ0) is 11.3. The summed E-state index contributed by atoms with van der Waals surface area (Å²) in [7, 11) is 2.74. The number of benzene rings is 1. The molecule has 1 aromatic carbocycles. The topological polar surface area (TPSA) is 64.6 Å². The number of esters is 1. The molecule has 80 valence electrons. The highest BCUT2D eigenvalue weighted by Gasteiger charge is 2.07. The lowest BCUT2D eigenvalue weighted by Gasteiger charge is -2.04. The van der Waals surface area contributed by atoms with E-state index in [2.05, 4.69) is 10.1 Å². The van der Waals surface area contributed by atoms with Gasteiger partial charge in [-0.05, 0) is 18.2 Å². The van der Waals surface area contributed by atoms with E-state index >= 15 is 0 Å². The number of methoxy groups -OCH3 is 1. The Morgan fingerprint density at radius 3 is 2.67 bits per heavy atom. The fourth-order valence-electron chi connectivity index (χ4n) is 0.962. The molecule has 0 aromatic heterocycles. The van der Waals surface area contributed by atoms with Gasteiger partial charge in [0.15, 0.2) is 0 Å². The third kappa shape index (κ3) is 2.98. The molecule has 0 saturated heterocycles. The fourth-order valence-corrected chi connectivity index (χ4v) is 0.962. The standard InChI is InChI=1S/C10H11NO4/c1-11-10(13)15-8-5-3-4-7(6-8)9(12)14-2/h3-6H,1-2H3,(H,11,13). The van der Waals surface area contributed by atoms with Crippen LogP contribution >= 0.6 is 0 Å². The van der Waals surface area contributed by atoms with Crippen molar-refractivity contribution in [3.63, 3.8) is 0 Å². The van der Waals surface area contributed by atoms with Crippen molar-refractivity contribution in [1.82, 2.24) is 5.32 Å². The van der Waals surface area contributed by atoms with Gasteiger partial charge in [-0.15, -0.1) is 0 Å². The Morgan fingerprint density at radius 1 is 1.33 bits per heavy atom. The Kier molecular flexibility index (Phi) is 3.68. The van der Waals surface area contributed by atoms with Gasteiger partial charge in [-0.3, -0.25) is 0 Å². The summed E-state index contributed by atoms with van der Waals surface area (Å²) >= 11 is 0. The number of ether oxygens (including phenoxy) is 2. The third-order valence-electron chi connectivity index (χ3n) is 1.67. The van der Waals surface area contributed by atoms with E-state index in [0.717, 1.165) is 0 Å². The van der Waals surface area contributed by atoms with Crippen LogP contribution in [0.4, 0.5) is 4.79 Å². The molecule has 0 radical (unpaired) electrons. The highest BCUT2D eigenvalue weighted by atomic mass is 16.6. The van der Waals surface area contributed by atoms with Gasteiger partial charge < -0.3 is 14.8 Å². The summed E-state index contributed by atoms with van der Waals surface area (Å²) in [6, 6.07) is 6.18. The van der Waals surface area contributed by atoms with Crippen molar-refractivity contribution in [3.8, 4) is 5.75 Å². The predicted octanol–water partition coefficient (Wildman–Crippen LogP) is 1.19. The number of carbonyl (C=O) groups is 2. The number of nitrogens with one attached hydrogen (secondary N) is 1. The van der Waals surface area contributed by atoms with Crippen LogP contribution in [0.15, 0.2) is 24.3 Å². The van der Waals surface area contributed by atoms with Crippen LogP contribution < -0.4 is 10.1 Å². The van der Waals surface area contributed by atoms with Gasteiger partial charge in [0.2, 0.25) is 0 Å². The molecule has 5 nitrogen and oxygen atoms in total. The quantitative estimate of drug-likeness (QED) is 0.743. The smallest absolute Gasteiger partial charge is 0.412 e. The SMILES string of the molecule is CNC(=O)Oc1cccc(C(=O)OC)c1. The van der Waals surface area contributed by atoms with Crippen LogP contribution in [0.5, 0.6) is 5.75 Å². The monoisotopic (exact) mass is 209 g/mol. The minimum atomic E-state index is -0.586. The lowest BCUT2D eigenvalue weighted by Crippen LogP contribution is -2.22. The molecule has 1 amide bonds. The molecule has 1 N–H and O–H groups in total. The van der Waals surface area contributed by atoms with E-state index in [1.807, 2.05) is 0 Å². The Morgan fingerprint density at radius 2 is 2.07 bits per heavy atom. The Labute approximate surface area is 87.0 Å². The first-order valence-corrected chi connectivity index (χ1v) is 4.25. The van der Waals surface area contributed by atoms with Crippen LogP contribution in [0.2, 0.25) is 0 Å². The highest BCUT2D eigenvalue weighted by Crippen LogP contribution is 2.13. The first-order chi connectivity index (χ1) is 7.17. The highest BCUT2D eigenvalue weighted by molar-refractivity contribution is 5.89. The number of carbonyl (C=O) groups excluding carboxylic acids is 2. The maximum absolute atomic E-state index is 11.1. The molecule has 0 atom stereocenters. The molecule has 15 heavy (non-hydrogen) atoms. The first kappa shape index (κ1) is 11.0. The van der Waals surface area contributed by atoms with E-state index in [0.29, 0.717) is 5.56 Å². The second-order valence-corrected chi connectivity index (χ2v) is 2.66. The Bertz CT molecular complexity index is 375. The number of amides is 1. The van der Waals surface area contributed by atoms with Crippen molar-refractivity contribution in [2.24, 2.45) is 0 Å². The second kappa shape index (κ2) is 4.99. The van der Waals surface area contributed by atoms with Crippen molar-refractivity contribution < 1.29 is 19.1 Å². The largest absolute Gasteiger partial charge is 0.465 e. The van der Waals surface area contributed by atoms with Crippen molar-refractivity contribution >= 4 is 12.1 Å². The maximum Gasteiger partial charge on any atom is 0.412 e. The molecule has 0 saturated carbocycles. The van der Waals surface area contributed by atoms with Crippen LogP contribution in [0.25, 0.3) is 0 Å². The van der Waals surface area contributed by atoms with Gasteiger partial charge in [0, 0.05) is 7.05 Å².